The lowest BCUT2D eigenvalue weighted by molar-refractivity contribution is -0.273. The van der Waals surface area contributed by atoms with Crippen LogP contribution in [0.1, 0.15) is 90.4 Å². The number of ether oxygens (including phenoxy) is 2. The van der Waals surface area contributed by atoms with Gasteiger partial charge in [-0.1, -0.05) is 64.7 Å². The molecule has 0 aromatic heterocycles. The van der Waals surface area contributed by atoms with Crippen LogP contribution in [0, 0.1) is 0 Å². The molecule has 1 rings (SSSR count). The van der Waals surface area contributed by atoms with Gasteiger partial charge >= 0.3 is 29.8 Å². The molecule has 0 amide bonds. The van der Waals surface area contributed by atoms with Crippen molar-refractivity contribution in [3.05, 3.63) is 0 Å². The van der Waals surface area contributed by atoms with Crippen LogP contribution in [0.15, 0.2) is 0 Å². The van der Waals surface area contributed by atoms with E-state index in [2.05, 4.69) is 21.4 Å². The Bertz CT molecular complexity index is 931. The quantitative estimate of drug-likeness (QED) is 0.0970. The summed E-state index contributed by atoms with van der Waals surface area (Å²) in [6, 6.07) is 0. The van der Waals surface area contributed by atoms with Crippen LogP contribution >= 0.6 is 0 Å². The highest BCUT2D eigenvalue weighted by atomic mass is 32.2. The molecule has 0 aliphatic carbocycles. The number of unbranched alkanes of at least 4 members (excludes halogenated alkanes) is 9. The minimum absolute atomic E-state index is 0.0916. The van der Waals surface area contributed by atoms with E-state index >= 15 is 0 Å². The largest absolute Gasteiger partial charge is 0.481 e. The fraction of sp³-hybridized carbons (Fsp3) is 0.792. The molecule has 0 spiro atoms. The monoisotopic (exact) mass is 582 g/mol. The first-order valence-electron chi connectivity index (χ1n) is 13.0. The second-order valence-electron chi connectivity index (χ2n) is 9.16. The Morgan fingerprint density at radius 1 is 0.923 bits per heavy atom. The molecule has 1 aliphatic rings. The summed E-state index contributed by atoms with van der Waals surface area (Å²) >= 11 is 0. The van der Waals surface area contributed by atoms with Gasteiger partial charge in [0.1, 0.15) is 13.2 Å². The van der Waals surface area contributed by atoms with E-state index in [0.29, 0.717) is 6.42 Å². The zero-order valence-corrected chi connectivity index (χ0v) is 22.9. The Hall–Kier alpha value is -2.78. The average molecular weight is 583 g/mol. The third-order valence-corrected chi connectivity index (χ3v) is 7.43. The van der Waals surface area contributed by atoms with E-state index in [1.165, 1.54) is 25.7 Å². The second-order valence-corrected chi connectivity index (χ2v) is 10.9. The van der Waals surface area contributed by atoms with Crippen molar-refractivity contribution >= 4 is 40.0 Å². The maximum Gasteiger partial charge on any atom is 0.344 e. The van der Waals surface area contributed by atoms with Crippen LogP contribution < -0.4 is 0 Å². The van der Waals surface area contributed by atoms with Crippen LogP contribution in [-0.2, 0) is 57.5 Å². The third-order valence-electron chi connectivity index (χ3n) is 5.82. The van der Waals surface area contributed by atoms with Gasteiger partial charge in [0.2, 0.25) is 5.60 Å². The summed E-state index contributed by atoms with van der Waals surface area (Å²) in [7, 11) is -5.34. The zero-order valence-electron chi connectivity index (χ0n) is 22.1. The molecule has 1 saturated heterocycles. The first-order chi connectivity index (χ1) is 18.4. The van der Waals surface area contributed by atoms with Gasteiger partial charge in [-0.15, -0.1) is 0 Å². The molecule has 0 bridgehead atoms. The third kappa shape index (κ3) is 13.2. The molecule has 1 fully saturated rings. The fourth-order valence-corrected chi connectivity index (χ4v) is 5.15. The molecule has 0 radical (unpaired) electrons. The highest BCUT2D eigenvalue weighted by molar-refractivity contribution is 7.88. The van der Waals surface area contributed by atoms with Crippen LogP contribution in [0.4, 0.5) is 0 Å². The molecule has 0 aromatic carbocycles. The number of aliphatic carboxylic acids is 2. The summed E-state index contributed by atoms with van der Waals surface area (Å²) in [4.78, 5) is 68.6. The lowest BCUT2D eigenvalue weighted by Crippen LogP contribution is -2.50. The molecule has 2 atom stereocenters. The molecule has 0 aromatic rings. The van der Waals surface area contributed by atoms with Crippen molar-refractivity contribution < 1.29 is 66.0 Å². The van der Waals surface area contributed by atoms with Crippen molar-refractivity contribution in [2.45, 2.75) is 101 Å². The van der Waals surface area contributed by atoms with Gasteiger partial charge in [0, 0.05) is 0 Å². The van der Waals surface area contributed by atoms with Crippen molar-refractivity contribution in [2.75, 3.05) is 19.8 Å². The normalized spacial score (nSPS) is 18.0. The fourth-order valence-electron chi connectivity index (χ4n) is 3.76. The predicted octanol–water partition coefficient (Wildman–Crippen LogP) is 2.28. The number of carboxylic acids is 2. The van der Waals surface area contributed by atoms with Crippen molar-refractivity contribution in [3.8, 4) is 0 Å². The molecule has 2 N–H and O–H groups in total. The minimum atomic E-state index is -5.34. The van der Waals surface area contributed by atoms with Gasteiger partial charge in [-0.25, -0.2) is 13.8 Å². The zero-order chi connectivity index (χ0) is 29.3. The number of carboxylic acid groups (broad SMARTS) is 2. The number of cyclic esters (lactones) is 1. The number of hydrogen-bond acceptors (Lipinski definition) is 12. The maximum atomic E-state index is 12.9. The van der Waals surface area contributed by atoms with Crippen molar-refractivity contribution in [1.29, 1.82) is 0 Å². The summed E-state index contributed by atoms with van der Waals surface area (Å²) in [5.74, 6) is -7.90. The van der Waals surface area contributed by atoms with E-state index in [4.69, 9.17) is 8.92 Å². The number of esters is 2. The molecule has 0 saturated carbocycles. The lowest BCUT2D eigenvalue weighted by Gasteiger charge is -2.28. The Labute approximate surface area is 227 Å². The standard InChI is InChI=1S/C24H38O14S/c1-2-3-4-5-6-7-8-9-10-11-12-34-21(28)17-24(23(30)31,16-19(25)26)38-39(32,33)18-15-20(27)37-36-14-13-35-22(18)29/h18H,2-17H2,1H3,(H,25,26)(H,30,31). The summed E-state index contributed by atoms with van der Waals surface area (Å²) < 4.78 is 40.1. The number of hydrogen-bond donors (Lipinski definition) is 2. The smallest absolute Gasteiger partial charge is 0.344 e. The molecule has 14 nitrogen and oxygen atoms in total. The molecule has 15 heteroatoms. The molecule has 1 heterocycles. The molecule has 224 valence electrons. The Kier molecular flexibility index (Phi) is 15.6. The van der Waals surface area contributed by atoms with Gasteiger partial charge in [-0.2, -0.15) is 13.3 Å². The molecule has 2 unspecified atom stereocenters. The summed E-state index contributed by atoms with van der Waals surface area (Å²) in [6.07, 6.45) is 6.32. The SMILES string of the molecule is CCCCCCCCCCCCOC(=O)CC(CC(=O)O)(OS(=O)(=O)C1CC(=O)OOCCOC1=O)C(=O)O. The summed E-state index contributed by atoms with van der Waals surface area (Å²) in [5, 5.41) is 16.6. The minimum Gasteiger partial charge on any atom is -0.481 e. The molecule has 1 aliphatic heterocycles. The number of carbonyl (C=O) groups excluding carboxylic acids is 3. The van der Waals surface area contributed by atoms with E-state index in [1.54, 1.807) is 0 Å². The van der Waals surface area contributed by atoms with Crippen LogP contribution in [0.3, 0.4) is 0 Å². The van der Waals surface area contributed by atoms with Gasteiger partial charge < -0.3 is 19.7 Å². The number of rotatable bonds is 19. The first kappa shape index (κ1) is 34.2. The van der Waals surface area contributed by atoms with Gasteiger partial charge in [0.15, 0.2) is 5.25 Å². The van der Waals surface area contributed by atoms with Crippen LogP contribution in [0.25, 0.3) is 0 Å². The van der Waals surface area contributed by atoms with Crippen LogP contribution in [0.2, 0.25) is 0 Å². The van der Waals surface area contributed by atoms with E-state index in [-0.39, 0.29) is 6.61 Å². The number of carbonyl (C=O) groups is 5. The van der Waals surface area contributed by atoms with Gasteiger partial charge in [-0.05, 0) is 6.42 Å². The van der Waals surface area contributed by atoms with Crippen LogP contribution in [-0.4, -0.2) is 79.1 Å². The van der Waals surface area contributed by atoms with Crippen molar-refractivity contribution in [2.24, 2.45) is 0 Å². The first-order valence-corrected chi connectivity index (χ1v) is 14.4. The van der Waals surface area contributed by atoms with E-state index in [9.17, 15) is 42.6 Å². The molecular weight excluding hydrogens is 544 g/mol. The average Bonchev–Trinajstić information content (AvgIpc) is 2.92. The highest BCUT2D eigenvalue weighted by Gasteiger charge is 2.52. The van der Waals surface area contributed by atoms with E-state index in [0.717, 1.165) is 32.1 Å². The topological polar surface area (TPSA) is 206 Å². The van der Waals surface area contributed by atoms with E-state index in [1.807, 2.05) is 0 Å². The lowest BCUT2D eigenvalue weighted by atomic mass is 9.96. The van der Waals surface area contributed by atoms with Gasteiger partial charge in [-0.3, -0.25) is 19.3 Å². The molecular formula is C24H38O14S. The predicted molar refractivity (Wildman–Crippen MR) is 131 cm³/mol. The highest BCUT2D eigenvalue weighted by Crippen LogP contribution is 2.28. The van der Waals surface area contributed by atoms with Crippen LogP contribution in [0.5, 0.6) is 0 Å². The van der Waals surface area contributed by atoms with Crippen molar-refractivity contribution in [3.63, 3.8) is 0 Å². The summed E-state index contributed by atoms with van der Waals surface area (Å²) in [6.45, 7) is 1.17. The summed E-state index contributed by atoms with van der Waals surface area (Å²) in [5.41, 5.74) is -3.15. The molecule has 39 heavy (non-hydrogen) atoms. The Balaban J connectivity index is 2.78. The van der Waals surface area contributed by atoms with E-state index < -0.39 is 83.3 Å². The van der Waals surface area contributed by atoms with Gasteiger partial charge in [0.05, 0.1) is 25.9 Å². The maximum absolute atomic E-state index is 12.9. The Morgan fingerprint density at radius 2 is 1.51 bits per heavy atom. The van der Waals surface area contributed by atoms with Gasteiger partial charge in [0.25, 0.3) is 10.1 Å². The Morgan fingerprint density at radius 3 is 2.08 bits per heavy atom. The second kappa shape index (κ2) is 17.7. The van der Waals surface area contributed by atoms with Crippen molar-refractivity contribution in [1.82, 2.24) is 0 Å².